The molecule has 1 aliphatic heterocycles. The second kappa shape index (κ2) is 12.7. The summed E-state index contributed by atoms with van der Waals surface area (Å²) in [6, 6.07) is 5.64. The largest absolute Gasteiger partial charge is 0.476 e. The number of benzene rings is 1. The number of fused-ring (bicyclic) bond motifs is 1. The highest BCUT2D eigenvalue weighted by molar-refractivity contribution is 5.98. The third-order valence-electron chi connectivity index (χ3n) is 7.61. The Morgan fingerprint density at radius 2 is 1.75 bits per heavy atom. The minimum Gasteiger partial charge on any atom is -0.476 e. The Balaban J connectivity index is 1.87. The molecule has 40 heavy (non-hydrogen) atoms. The van der Waals surface area contributed by atoms with Crippen molar-refractivity contribution in [2.75, 3.05) is 13.1 Å². The lowest BCUT2D eigenvalue weighted by atomic mass is 9.99. The summed E-state index contributed by atoms with van der Waals surface area (Å²) in [5.41, 5.74) is 8.60. The normalized spacial score (nSPS) is 15.8. The second-order valence-corrected chi connectivity index (χ2v) is 11.6. The maximum Gasteiger partial charge on any atom is 0.356 e. The molecule has 3 aromatic rings. The minimum atomic E-state index is -1.16. The number of carboxylic acid groups (broad SMARTS) is 1. The zero-order chi connectivity index (χ0) is 29.0. The molecule has 1 aliphatic rings. The van der Waals surface area contributed by atoms with Crippen LogP contribution in [0.2, 0.25) is 0 Å². The van der Waals surface area contributed by atoms with E-state index >= 15 is 0 Å². The van der Waals surface area contributed by atoms with Gasteiger partial charge in [-0.3, -0.25) is 9.69 Å². The minimum absolute atomic E-state index is 0.102. The van der Waals surface area contributed by atoms with Crippen molar-refractivity contribution in [3.8, 4) is 0 Å². The molecule has 1 saturated heterocycles. The van der Waals surface area contributed by atoms with E-state index in [0.29, 0.717) is 25.2 Å². The van der Waals surface area contributed by atoms with Gasteiger partial charge in [-0.05, 0) is 42.7 Å². The molecule has 0 bridgehead atoms. The number of H-pyrrole nitrogens is 2. The van der Waals surface area contributed by atoms with Crippen LogP contribution in [-0.4, -0.2) is 66.9 Å². The van der Waals surface area contributed by atoms with E-state index in [9.17, 15) is 19.5 Å². The van der Waals surface area contributed by atoms with Crippen molar-refractivity contribution in [3.05, 3.63) is 53.2 Å². The molecule has 0 spiro atoms. The lowest BCUT2D eigenvalue weighted by molar-refractivity contribution is -0.132. The van der Waals surface area contributed by atoms with Gasteiger partial charge in [0.15, 0.2) is 5.69 Å². The molecule has 0 unspecified atom stereocenters. The molecular formula is C30H42N6O4. The van der Waals surface area contributed by atoms with Crippen LogP contribution in [0.3, 0.4) is 0 Å². The Morgan fingerprint density at radius 1 is 1.07 bits per heavy atom. The number of aromatic carboxylic acids is 1. The van der Waals surface area contributed by atoms with Crippen LogP contribution in [0.4, 0.5) is 4.79 Å². The van der Waals surface area contributed by atoms with Gasteiger partial charge in [-0.1, -0.05) is 58.7 Å². The SMILES string of the molecule is CC(C)C[C@H](N)C(=O)N(C(=O)N1CCCCCC1)[C@H](Cc1c[nH]c2ccccc12)c1nc(C(=O)O)c(C(C)C)[nH]1. The maximum atomic E-state index is 14.3. The van der Waals surface area contributed by atoms with E-state index < -0.39 is 30.0 Å². The number of aromatic amines is 2. The van der Waals surface area contributed by atoms with Crippen molar-refractivity contribution in [2.45, 2.75) is 84.2 Å². The number of imide groups is 1. The Morgan fingerprint density at radius 3 is 2.35 bits per heavy atom. The molecule has 10 nitrogen and oxygen atoms in total. The van der Waals surface area contributed by atoms with Crippen LogP contribution in [0.25, 0.3) is 10.9 Å². The summed E-state index contributed by atoms with van der Waals surface area (Å²) in [4.78, 5) is 54.5. The summed E-state index contributed by atoms with van der Waals surface area (Å²) in [5.74, 6) is -1.39. The number of likely N-dealkylation sites (tertiary alicyclic amines) is 1. The number of nitrogens with zero attached hydrogens (tertiary/aromatic N) is 3. The highest BCUT2D eigenvalue weighted by Crippen LogP contribution is 2.32. The fourth-order valence-electron chi connectivity index (χ4n) is 5.55. The molecule has 1 aromatic carbocycles. The van der Waals surface area contributed by atoms with Crippen molar-refractivity contribution in [2.24, 2.45) is 11.7 Å². The van der Waals surface area contributed by atoms with Crippen LogP contribution in [0.15, 0.2) is 30.5 Å². The Labute approximate surface area is 235 Å². The molecule has 10 heteroatoms. The number of hydrogen-bond donors (Lipinski definition) is 4. The number of carbonyl (C=O) groups excluding carboxylic acids is 2. The van der Waals surface area contributed by atoms with E-state index in [-0.39, 0.29) is 29.8 Å². The summed E-state index contributed by atoms with van der Waals surface area (Å²) in [6.07, 6.45) is 6.31. The number of para-hydroxylation sites is 1. The van der Waals surface area contributed by atoms with Crippen LogP contribution in [0.1, 0.15) is 99.3 Å². The van der Waals surface area contributed by atoms with Gasteiger partial charge in [0.2, 0.25) is 5.91 Å². The number of nitrogens with one attached hydrogen (secondary N) is 2. The molecule has 216 valence electrons. The average molecular weight is 551 g/mol. The standard InChI is InChI=1S/C30H42N6O4/c1-18(2)15-22(31)28(37)36(30(40)35-13-9-5-6-10-14-35)24(16-20-17-32-23-12-8-7-11-21(20)23)27-33-25(19(3)4)26(34-27)29(38)39/h7-8,11-12,17-19,22,24,32H,5-6,9-10,13-16,31H2,1-4H3,(H,33,34)(H,38,39)/t22-,24+/m0/s1. The monoisotopic (exact) mass is 550 g/mol. The van der Waals surface area contributed by atoms with Crippen molar-refractivity contribution in [1.29, 1.82) is 0 Å². The van der Waals surface area contributed by atoms with Crippen LogP contribution in [-0.2, 0) is 11.2 Å². The maximum absolute atomic E-state index is 14.3. The zero-order valence-electron chi connectivity index (χ0n) is 23.9. The third kappa shape index (κ3) is 6.38. The predicted octanol–water partition coefficient (Wildman–Crippen LogP) is 5.19. The van der Waals surface area contributed by atoms with Gasteiger partial charge in [-0.2, -0.15) is 0 Å². The molecule has 0 radical (unpaired) electrons. The Hall–Kier alpha value is -3.66. The van der Waals surface area contributed by atoms with E-state index in [0.717, 1.165) is 42.1 Å². The summed E-state index contributed by atoms with van der Waals surface area (Å²) in [6.45, 7) is 8.83. The molecule has 4 rings (SSSR count). The van der Waals surface area contributed by atoms with Crippen LogP contribution in [0.5, 0.6) is 0 Å². The molecule has 3 heterocycles. The van der Waals surface area contributed by atoms with Gasteiger partial charge in [0.25, 0.3) is 0 Å². The fraction of sp³-hybridized carbons (Fsp3) is 0.533. The number of urea groups is 1. The first-order chi connectivity index (χ1) is 19.1. The lowest BCUT2D eigenvalue weighted by Crippen LogP contribution is -2.54. The number of rotatable bonds is 9. The fourth-order valence-corrected chi connectivity index (χ4v) is 5.55. The first-order valence-electron chi connectivity index (χ1n) is 14.3. The van der Waals surface area contributed by atoms with Gasteiger partial charge in [0, 0.05) is 36.6 Å². The number of hydrogen-bond acceptors (Lipinski definition) is 5. The van der Waals surface area contributed by atoms with Gasteiger partial charge in [-0.25, -0.2) is 14.6 Å². The molecule has 5 N–H and O–H groups in total. The first-order valence-corrected chi connectivity index (χ1v) is 14.3. The van der Waals surface area contributed by atoms with Crippen molar-refractivity contribution in [1.82, 2.24) is 24.8 Å². The molecule has 3 amide bonds. The number of imidazole rings is 1. The van der Waals surface area contributed by atoms with Crippen LogP contribution >= 0.6 is 0 Å². The summed E-state index contributed by atoms with van der Waals surface area (Å²) < 4.78 is 0. The number of nitrogens with two attached hydrogens (primary N) is 1. The summed E-state index contributed by atoms with van der Waals surface area (Å²) >= 11 is 0. The smallest absolute Gasteiger partial charge is 0.356 e. The Kier molecular flexibility index (Phi) is 9.29. The number of amides is 3. The highest BCUT2D eigenvalue weighted by atomic mass is 16.4. The summed E-state index contributed by atoms with van der Waals surface area (Å²) in [5, 5.41) is 10.9. The Bertz CT molecular complexity index is 1330. The molecular weight excluding hydrogens is 508 g/mol. The number of aromatic nitrogens is 3. The first kappa shape index (κ1) is 29.3. The van der Waals surface area contributed by atoms with Crippen molar-refractivity contribution < 1.29 is 19.5 Å². The number of carboxylic acids is 1. The molecule has 2 atom stereocenters. The molecule has 1 fully saturated rings. The average Bonchev–Trinajstić information content (AvgIpc) is 3.44. The van der Waals surface area contributed by atoms with E-state index in [1.54, 1.807) is 4.90 Å². The summed E-state index contributed by atoms with van der Waals surface area (Å²) in [7, 11) is 0. The quantitative estimate of drug-likeness (QED) is 0.288. The van der Waals surface area contributed by atoms with E-state index in [4.69, 9.17) is 5.73 Å². The highest BCUT2D eigenvalue weighted by Gasteiger charge is 2.39. The molecule has 2 aromatic heterocycles. The lowest BCUT2D eigenvalue weighted by Gasteiger charge is -2.35. The van der Waals surface area contributed by atoms with Gasteiger partial charge in [0.1, 0.15) is 11.9 Å². The van der Waals surface area contributed by atoms with Gasteiger partial charge in [0.05, 0.1) is 11.7 Å². The van der Waals surface area contributed by atoms with Gasteiger partial charge < -0.3 is 25.7 Å². The van der Waals surface area contributed by atoms with Crippen LogP contribution < -0.4 is 5.73 Å². The predicted molar refractivity (Wildman–Crippen MR) is 154 cm³/mol. The van der Waals surface area contributed by atoms with Crippen LogP contribution in [0, 0.1) is 5.92 Å². The third-order valence-corrected chi connectivity index (χ3v) is 7.61. The van der Waals surface area contributed by atoms with Crippen molar-refractivity contribution >= 4 is 28.8 Å². The van der Waals surface area contributed by atoms with Gasteiger partial charge in [-0.15, -0.1) is 0 Å². The number of carbonyl (C=O) groups is 3. The van der Waals surface area contributed by atoms with Crippen molar-refractivity contribution in [3.63, 3.8) is 0 Å². The van der Waals surface area contributed by atoms with E-state index in [1.807, 2.05) is 58.2 Å². The molecule has 0 saturated carbocycles. The topological polar surface area (TPSA) is 148 Å². The van der Waals surface area contributed by atoms with E-state index in [1.165, 1.54) is 4.90 Å². The van der Waals surface area contributed by atoms with Gasteiger partial charge >= 0.3 is 12.0 Å². The zero-order valence-corrected chi connectivity index (χ0v) is 23.9. The second-order valence-electron chi connectivity index (χ2n) is 11.6. The molecule has 0 aliphatic carbocycles. The van der Waals surface area contributed by atoms with E-state index in [2.05, 4.69) is 15.0 Å².